The molecule has 0 atom stereocenters. The van der Waals surface area contributed by atoms with E-state index in [0.717, 1.165) is 18.8 Å². The molecule has 0 heterocycles. The van der Waals surface area contributed by atoms with Crippen LogP contribution in [0.3, 0.4) is 0 Å². The Kier molecular flexibility index (Phi) is 5.04. The molecule has 0 aliphatic rings. The molecule has 0 fully saturated rings. The first-order valence-electron chi connectivity index (χ1n) is 4.93. The molecule has 3 N–H and O–H groups in total. The van der Waals surface area contributed by atoms with E-state index in [-0.39, 0.29) is 0 Å². The molecule has 14 heavy (non-hydrogen) atoms. The zero-order chi connectivity index (χ0) is 10.2. The Morgan fingerprint density at radius 1 is 1.21 bits per heavy atom. The van der Waals surface area contributed by atoms with Crippen molar-refractivity contribution in [3.63, 3.8) is 0 Å². The average molecular weight is 194 g/mol. The third-order valence-corrected chi connectivity index (χ3v) is 1.89. The number of nitrogens with one attached hydrogen (secondary N) is 1. The van der Waals surface area contributed by atoms with Crippen molar-refractivity contribution in [3.05, 3.63) is 29.8 Å². The van der Waals surface area contributed by atoms with Gasteiger partial charge in [0.2, 0.25) is 0 Å². The Bertz CT molecular complexity index is 246. The SMILES string of the molecule is Cc1ccc(OCCNCCN)cc1. The van der Waals surface area contributed by atoms with Crippen molar-refractivity contribution in [2.24, 2.45) is 5.73 Å². The topological polar surface area (TPSA) is 47.3 Å². The van der Waals surface area contributed by atoms with E-state index in [0.29, 0.717) is 13.2 Å². The van der Waals surface area contributed by atoms with Crippen LogP contribution >= 0.6 is 0 Å². The molecule has 0 aliphatic heterocycles. The van der Waals surface area contributed by atoms with Gasteiger partial charge in [0, 0.05) is 19.6 Å². The van der Waals surface area contributed by atoms with Crippen molar-refractivity contribution in [1.82, 2.24) is 5.32 Å². The first-order chi connectivity index (χ1) is 6.83. The van der Waals surface area contributed by atoms with Gasteiger partial charge in [-0.25, -0.2) is 0 Å². The van der Waals surface area contributed by atoms with Crippen LogP contribution in [0.5, 0.6) is 5.75 Å². The van der Waals surface area contributed by atoms with Crippen LogP contribution < -0.4 is 15.8 Å². The van der Waals surface area contributed by atoms with Crippen molar-refractivity contribution in [2.75, 3.05) is 26.2 Å². The zero-order valence-corrected chi connectivity index (χ0v) is 8.62. The fourth-order valence-corrected chi connectivity index (χ4v) is 1.10. The number of ether oxygens (including phenoxy) is 1. The van der Waals surface area contributed by atoms with E-state index in [1.807, 2.05) is 24.3 Å². The summed E-state index contributed by atoms with van der Waals surface area (Å²) in [6, 6.07) is 8.06. The number of aryl methyl sites for hydroxylation is 1. The minimum atomic E-state index is 0.671. The summed E-state index contributed by atoms with van der Waals surface area (Å²) < 4.78 is 5.50. The smallest absolute Gasteiger partial charge is 0.119 e. The lowest BCUT2D eigenvalue weighted by Gasteiger charge is -2.06. The Labute approximate surface area is 85.3 Å². The maximum atomic E-state index is 5.50. The molecular formula is C11H18N2O. The zero-order valence-electron chi connectivity index (χ0n) is 8.62. The van der Waals surface area contributed by atoms with Gasteiger partial charge >= 0.3 is 0 Å². The Hall–Kier alpha value is -1.06. The molecule has 0 spiro atoms. The van der Waals surface area contributed by atoms with E-state index < -0.39 is 0 Å². The van der Waals surface area contributed by atoms with E-state index in [1.165, 1.54) is 5.56 Å². The maximum absolute atomic E-state index is 5.50. The van der Waals surface area contributed by atoms with Crippen molar-refractivity contribution < 1.29 is 4.74 Å². The van der Waals surface area contributed by atoms with Gasteiger partial charge in [-0.1, -0.05) is 17.7 Å². The molecule has 1 rings (SSSR count). The van der Waals surface area contributed by atoms with E-state index in [4.69, 9.17) is 10.5 Å². The third-order valence-electron chi connectivity index (χ3n) is 1.89. The van der Waals surface area contributed by atoms with Gasteiger partial charge in [-0.2, -0.15) is 0 Å². The second-order valence-corrected chi connectivity index (χ2v) is 3.20. The number of benzene rings is 1. The number of hydrogen-bond acceptors (Lipinski definition) is 3. The molecule has 0 bridgehead atoms. The summed E-state index contributed by atoms with van der Waals surface area (Å²) in [5.74, 6) is 0.921. The lowest BCUT2D eigenvalue weighted by molar-refractivity contribution is 0.315. The molecule has 3 nitrogen and oxygen atoms in total. The highest BCUT2D eigenvalue weighted by molar-refractivity contribution is 5.26. The minimum absolute atomic E-state index is 0.671. The van der Waals surface area contributed by atoms with Gasteiger partial charge < -0.3 is 15.8 Å². The van der Waals surface area contributed by atoms with Gasteiger partial charge in [-0.15, -0.1) is 0 Å². The Morgan fingerprint density at radius 2 is 1.93 bits per heavy atom. The molecule has 0 amide bonds. The summed E-state index contributed by atoms with van der Waals surface area (Å²) in [6.45, 7) is 5.10. The molecule has 0 unspecified atom stereocenters. The van der Waals surface area contributed by atoms with Crippen LogP contribution in [0, 0.1) is 6.92 Å². The van der Waals surface area contributed by atoms with E-state index in [9.17, 15) is 0 Å². The van der Waals surface area contributed by atoms with Gasteiger partial charge in [0.05, 0.1) is 0 Å². The van der Waals surface area contributed by atoms with Crippen LogP contribution in [0.15, 0.2) is 24.3 Å². The highest BCUT2D eigenvalue weighted by Gasteiger charge is 1.91. The summed E-state index contributed by atoms with van der Waals surface area (Å²) in [7, 11) is 0. The van der Waals surface area contributed by atoms with Gasteiger partial charge in [0.25, 0.3) is 0 Å². The lowest BCUT2D eigenvalue weighted by Crippen LogP contribution is -2.26. The Morgan fingerprint density at radius 3 is 2.57 bits per heavy atom. The predicted molar refractivity (Wildman–Crippen MR) is 58.6 cm³/mol. The van der Waals surface area contributed by atoms with Crippen molar-refractivity contribution in [1.29, 1.82) is 0 Å². The van der Waals surface area contributed by atoms with Crippen molar-refractivity contribution in [3.8, 4) is 5.75 Å². The van der Waals surface area contributed by atoms with Gasteiger partial charge in [-0.3, -0.25) is 0 Å². The fourth-order valence-electron chi connectivity index (χ4n) is 1.10. The summed E-state index contributed by atoms with van der Waals surface area (Å²) in [5, 5.41) is 3.17. The predicted octanol–water partition coefficient (Wildman–Crippen LogP) is 0.922. The van der Waals surface area contributed by atoms with Crippen LogP contribution in [0.25, 0.3) is 0 Å². The molecule has 0 aliphatic carbocycles. The van der Waals surface area contributed by atoms with Crippen LogP contribution in [0.4, 0.5) is 0 Å². The molecular weight excluding hydrogens is 176 g/mol. The van der Waals surface area contributed by atoms with E-state index in [2.05, 4.69) is 12.2 Å². The Balaban J connectivity index is 2.15. The number of nitrogens with two attached hydrogens (primary N) is 1. The number of hydrogen-bond donors (Lipinski definition) is 2. The summed E-state index contributed by atoms with van der Waals surface area (Å²) in [6.07, 6.45) is 0. The standard InChI is InChI=1S/C11H18N2O/c1-10-2-4-11(5-3-10)14-9-8-13-7-6-12/h2-5,13H,6-9,12H2,1H3. The summed E-state index contributed by atoms with van der Waals surface area (Å²) >= 11 is 0. The van der Waals surface area contributed by atoms with Gasteiger partial charge in [0.1, 0.15) is 12.4 Å². The van der Waals surface area contributed by atoms with E-state index >= 15 is 0 Å². The van der Waals surface area contributed by atoms with Crippen molar-refractivity contribution >= 4 is 0 Å². The molecule has 0 saturated carbocycles. The maximum Gasteiger partial charge on any atom is 0.119 e. The largest absolute Gasteiger partial charge is 0.492 e. The molecule has 1 aromatic carbocycles. The molecule has 78 valence electrons. The second-order valence-electron chi connectivity index (χ2n) is 3.20. The second kappa shape index (κ2) is 6.40. The number of rotatable bonds is 6. The van der Waals surface area contributed by atoms with Crippen LogP contribution in [0.2, 0.25) is 0 Å². The molecule has 0 aromatic heterocycles. The van der Waals surface area contributed by atoms with Crippen LogP contribution in [0.1, 0.15) is 5.56 Å². The normalized spacial score (nSPS) is 10.1. The molecule has 0 saturated heterocycles. The van der Waals surface area contributed by atoms with Crippen molar-refractivity contribution in [2.45, 2.75) is 6.92 Å². The molecule has 0 radical (unpaired) electrons. The quantitative estimate of drug-likeness (QED) is 0.662. The van der Waals surface area contributed by atoms with Crippen LogP contribution in [-0.4, -0.2) is 26.2 Å². The summed E-state index contributed by atoms with van der Waals surface area (Å²) in [5.41, 5.74) is 6.58. The average Bonchev–Trinajstić information content (AvgIpc) is 2.21. The summed E-state index contributed by atoms with van der Waals surface area (Å²) in [4.78, 5) is 0. The lowest BCUT2D eigenvalue weighted by atomic mass is 10.2. The van der Waals surface area contributed by atoms with E-state index in [1.54, 1.807) is 0 Å². The third kappa shape index (κ3) is 4.25. The highest BCUT2D eigenvalue weighted by Crippen LogP contribution is 2.10. The highest BCUT2D eigenvalue weighted by atomic mass is 16.5. The van der Waals surface area contributed by atoms with Gasteiger partial charge in [-0.05, 0) is 19.1 Å². The first-order valence-corrected chi connectivity index (χ1v) is 4.93. The fraction of sp³-hybridized carbons (Fsp3) is 0.455. The monoisotopic (exact) mass is 194 g/mol. The van der Waals surface area contributed by atoms with Gasteiger partial charge in [0.15, 0.2) is 0 Å². The molecule has 1 aromatic rings. The minimum Gasteiger partial charge on any atom is -0.492 e. The van der Waals surface area contributed by atoms with Crippen LogP contribution in [-0.2, 0) is 0 Å². The molecule has 3 heteroatoms. The first kappa shape index (κ1) is 11.0.